The third-order valence-electron chi connectivity index (χ3n) is 3.83. The lowest BCUT2D eigenvalue weighted by Gasteiger charge is -2.34. The van der Waals surface area contributed by atoms with E-state index in [-0.39, 0.29) is 24.2 Å². The highest BCUT2D eigenvalue weighted by atomic mass is 16.3. The van der Waals surface area contributed by atoms with Crippen LogP contribution < -0.4 is 11.1 Å². The predicted octanol–water partition coefficient (Wildman–Crippen LogP) is 0.380. The number of hydrogen-bond acceptors (Lipinski definition) is 4. The average Bonchev–Trinajstić information content (AvgIpc) is 2.48. The summed E-state index contributed by atoms with van der Waals surface area (Å²) in [6.45, 7) is 3.14. The van der Waals surface area contributed by atoms with E-state index >= 15 is 0 Å². The molecule has 1 unspecified atom stereocenters. The number of carbonyl (C=O) groups excluding carboxylic acids is 2. The Balaban J connectivity index is 2.28. The van der Waals surface area contributed by atoms with Crippen molar-refractivity contribution in [2.45, 2.75) is 25.8 Å². The molecule has 2 rings (SSSR count). The monoisotopic (exact) mass is 291 g/mol. The number of phenolic OH excluding ortho intramolecular Hbond substituents is 1. The fourth-order valence-electron chi connectivity index (χ4n) is 2.64. The van der Waals surface area contributed by atoms with Gasteiger partial charge in [-0.15, -0.1) is 0 Å². The second kappa shape index (κ2) is 6.58. The molecule has 6 heteroatoms. The summed E-state index contributed by atoms with van der Waals surface area (Å²) in [5, 5.41) is 13.0. The van der Waals surface area contributed by atoms with Crippen LogP contribution in [-0.4, -0.2) is 47.5 Å². The standard InChI is InChI=1S/C15H21N3O3/c1-10-12(5-2-6-13(10)19)15(21)18(9-14(16)20)11-4-3-7-17-8-11/h2,5-6,11,17,19H,3-4,7-9H2,1H3,(H2,16,20). The van der Waals surface area contributed by atoms with Crippen LogP contribution in [0.15, 0.2) is 18.2 Å². The van der Waals surface area contributed by atoms with Crippen LogP contribution in [0.4, 0.5) is 0 Å². The van der Waals surface area contributed by atoms with Gasteiger partial charge in [0.15, 0.2) is 0 Å². The van der Waals surface area contributed by atoms with Crippen LogP contribution in [0.1, 0.15) is 28.8 Å². The molecule has 0 saturated carbocycles. The summed E-state index contributed by atoms with van der Waals surface area (Å²) in [6.07, 6.45) is 1.79. The van der Waals surface area contributed by atoms with E-state index < -0.39 is 5.91 Å². The van der Waals surface area contributed by atoms with Crippen LogP contribution in [0.3, 0.4) is 0 Å². The van der Waals surface area contributed by atoms with Crippen LogP contribution >= 0.6 is 0 Å². The van der Waals surface area contributed by atoms with Crippen molar-refractivity contribution < 1.29 is 14.7 Å². The minimum absolute atomic E-state index is 0.0551. The summed E-state index contributed by atoms with van der Waals surface area (Å²) in [6, 6.07) is 4.76. The number of benzene rings is 1. The van der Waals surface area contributed by atoms with Crippen LogP contribution in [0.2, 0.25) is 0 Å². The molecular weight excluding hydrogens is 270 g/mol. The number of nitrogens with zero attached hydrogens (tertiary/aromatic N) is 1. The van der Waals surface area contributed by atoms with E-state index in [1.54, 1.807) is 19.1 Å². The number of aromatic hydroxyl groups is 1. The third kappa shape index (κ3) is 3.52. The van der Waals surface area contributed by atoms with Gasteiger partial charge in [0.25, 0.3) is 5.91 Å². The van der Waals surface area contributed by atoms with E-state index in [1.165, 1.54) is 11.0 Å². The number of amides is 2. The van der Waals surface area contributed by atoms with E-state index in [0.29, 0.717) is 17.7 Å². The highest BCUT2D eigenvalue weighted by molar-refractivity contribution is 5.98. The molecule has 1 aromatic rings. The number of primary amides is 1. The Morgan fingerprint density at radius 2 is 2.24 bits per heavy atom. The summed E-state index contributed by atoms with van der Waals surface area (Å²) in [7, 11) is 0. The maximum atomic E-state index is 12.7. The molecule has 1 aliphatic heterocycles. The number of rotatable bonds is 4. The summed E-state index contributed by atoms with van der Waals surface area (Å²) in [5.41, 5.74) is 6.20. The molecule has 4 N–H and O–H groups in total. The van der Waals surface area contributed by atoms with Gasteiger partial charge in [0, 0.05) is 23.7 Å². The van der Waals surface area contributed by atoms with Crippen molar-refractivity contribution in [2.24, 2.45) is 5.73 Å². The highest BCUT2D eigenvalue weighted by Gasteiger charge is 2.28. The van der Waals surface area contributed by atoms with Gasteiger partial charge < -0.3 is 21.1 Å². The maximum Gasteiger partial charge on any atom is 0.255 e. The Morgan fingerprint density at radius 3 is 2.86 bits per heavy atom. The third-order valence-corrected chi connectivity index (χ3v) is 3.83. The SMILES string of the molecule is Cc1c(O)cccc1C(=O)N(CC(N)=O)C1CCCNC1. The zero-order valence-corrected chi connectivity index (χ0v) is 12.1. The first kappa shape index (κ1) is 15.3. The molecule has 6 nitrogen and oxygen atoms in total. The average molecular weight is 291 g/mol. The minimum Gasteiger partial charge on any atom is -0.508 e. The molecule has 21 heavy (non-hydrogen) atoms. The maximum absolute atomic E-state index is 12.7. The molecule has 1 fully saturated rings. The zero-order chi connectivity index (χ0) is 15.4. The van der Waals surface area contributed by atoms with Gasteiger partial charge in [-0.2, -0.15) is 0 Å². The Bertz CT molecular complexity index is 539. The van der Waals surface area contributed by atoms with Crippen molar-refractivity contribution in [1.29, 1.82) is 0 Å². The first-order valence-corrected chi connectivity index (χ1v) is 7.09. The van der Waals surface area contributed by atoms with Gasteiger partial charge in [-0.25, -0.2) is 0 Å². The van der Waals surface area contributed by atoms with Gasteiger partial charge in [0.1, 0.15) is 5.75 Å². The van der Waals surface area contributed by atoms with E-state index in [4.69, 9.17) is 5.73 Å². The Kier molecular flexibility index (Phi) is 4.80. The van der Waals surface area contributed by atoms with Crippen molar-refractivity contribution in [3.05, 3.63) is 29.3 Å². The summed E-state index contributed by atoms with van der Waals surface area (Å²) >= 11 is 0. The first-order chi connectivity index (χ1) is 10.0. The smallest absolute Gasteiger partial charge is 0.255 e. The lowest BCUT2D eigenvalue weighted by Crippen LogP contribution is -2.51. The van der Waals surface area contributed by atoms with Crippen molar-refractivity contribution in [1.82, 2.24) is 10.2 Å². The largest absolute Gasteiger partial charge is 0.508 e. The molecule has 0 radical (unpaired) electrons. The molecule has 1 aromatic carbocycles. The van der Waals surface area contributed by atoms with Crippen molar-refractivity contribution >= 4 is 11.8 Å². The molecule has 114 valence electrons. The predicted molar refractivity (Wildman–Crippen MR) is 79.0 cm³/mol. The summed E-state index contributed by atoms with van der Waals surface area (Å²) in [5.74, 6) is -0.732. The van der Waals surface area contributed by atoms with Gasteiger partial charge in [0.05, 0.1) is 6.54 Å². The van der Waals surface area contributed by atoms with E-state index in [0.717, 1.165) is 19.4 Å². The molecule has 0 aromatic heterocycles. The molecule has 1 atom stereocenters. The fraction of sp³-hybridized carbons (Fsp3) is 0.467. The highest BCUT2D eigenvalue weighted by Crippen LogP contribution is 2.22. The lowest BCUT2D eigenvalue weighted by atomic mass is 10.0. The Labute approximate surface area is 123 Å². The molecule has 1 saturated heterocycles. The van der Waals surface area contributed by atoms with Crippen molar-refractivity contribution in [2.75, 3.05) is 19.6 Å². The zero-order valence-electron chi connectivity index (χ0n) is 12.1. The van der Waals surface area contributed by atoms with Crippen molar-refractivity contribution in [3.8, 4) is 5.75 Å². The van der Waals surface area contributed by atoms with E-state index in [1.807, 2.05) is 0 Å². The van der Waals surface area contributed by atoms with Crippen LogP contribution in [0.5, 0.6) is 5.75 Å². The molecule has 0 aliphatic carbocycles. The summed E-state index contributed by atoms with van der Waals surface area (Å²) in [4.78, 5) is 25.5. The van der Waals surface area contributed by atoms with Gasteiger partial charge in [0.2, 0.25) is 5.91 Å². The Morgan fingerprint density at radius 1 is 1.48 bits per heavy atom. The van der Waals surface area contributed by atoms with Crippen LogP contribution in [0, 0.1) is 6.92 Å². The molecule has 2 amide bonds. The minimum atomic E-state index is -0.535. The van der Waals surface area contributed by atoms with Gasteiger partial charge in [-0.1, -0.05) is 6.07 Å². The van der Waals surface area contributed by atoms with Gasteiger partial charge >= 0.3 is 0 Å². The number of carbonyl (C=O) groups is 2. The fourth-order valence-corrected chi connectivity index (χ4v) is 2.64. The van der Waals surface area contributed by atoms with Crippen LogP contribution in [-0.2, 0) is 4.79 Å². The van der Waals surface area contributed by atoms with E-state index in [9.17, 15) is 14.7 Å². The molecule has 1 heterocycles. The summed E-state index contributed by atoms with van der Waals surface area (Å²) < 4.78 is 0. The van der Waals surface area contributed by atoms with E-state index in [2.05, 4.69) is 5.32 Å². The number of hydrogen-bond donors (Lipinski definition) is 3. The quantitative estimate of drug-likeness (QED) is 0.747. The number of nitrogens with two attached hydrogens (primary N) is 1. The topological polar surface area (TPSA) is 95.7 Å². The van der Waals surface area contributed by atoms with Crippen molar-refractivity contribution in [3.63, 3.8) is 0 Å². The second-order valence-corrected chi connectivity index (χ2v) is 5.35. The van der Waals surface area contributed by atoms with Gasteiger partial charge in [-0.05, 0) is 38.4 Å². The molecular formula is C15H21N3O3. The lowest BCUT2D eigenvalue weighted by molar-refractivity contribution is -0.119. The number of nitrogens with one attached hydrogen (secondary N) is 1. The molecule has 1 aliphatic rings. The molecule has 0 spiro atoms. The Hall–Kier alpha value is -2.08. The number of piperidine rings is 1. The van der Waals surface area contributed by atoms with Crippen LogP contribution in [0.25, 0.3) is 0 Å². The normalized spacial score (nSPS) is 18.2. The first-order valence-electron chi connectivity index (χ1n) is 7.09. The molecule has 0 bridgehead atoms. The number of phenols is 1. The second-order valence-electron chi connectivity index (χ2n) is 5.35. The van der Waals surface area contributed by atoms with Gasteiger partial charge in [-0.3, -0.25) is 9.59 Å².